The molecule has 16 heavy (non-hydrogen) atoms. The summed E-state index contributed by atoms with van der Waals surface area (Å²) in [7, 11) is 3.42. The van der Waals surface area contributed by atoms with E-state index < -0.39 is 0 Å². The third-order valence-corrected chi connectivity index (χ3v) is 3.11. The van der Waals surface area contributed by atoms with E-state index in [1.54, 1.807) is 25.9 Å². The molecule has 1 rings (SSSR count). The van der Waals surface area contributed by atoms with Gasteiger partial charge in [0.2, 0.25) is 11.8 Å². The van der Waals surface area contributed by atoms with Crippen molar-refractivity contribution in [2.24, 2.45) is 0 Å². The van der Waals surface area contributed by atoms with Gasteiger partial charge in [0, 0.05) is 38.7 Å². The molecule has 1 saturated heterocycles. The second-order valence-electron chi connectivity index (χ2n) is 3.60. The molecule has 0 radical (unpaired) electrons. The molecule has 5 nitrogen and oxygen atoms in total. The van der Waals surface area contributed by atoms with Crippen LogP contribution in [0.3, 0.4) is 0 Å². The minimum atomic E-state index is -0.0931. The zero-order valence-corrected chi connectivity index (χ0v) is 11.1. The van der Waals surface area contributed by atoms with Gasteiger partial charge in [-0.1, -0.05) is 0 Å². The Balaban J connectivity index is 0.00000225. The standard InChI is InChI=1S/C9H17N3O2S.ClH/c1-12(2)8(13)3-4-10-9(14)7-5-15-6-11-7;/h7,11H,3-6H2,1-2H3,(H,10,14);1H/t7-;/m1./s1. The minimum Gasteiger partial charge on any atom is -0.354 e. The minimum absolute atomic E-state index is 0. The maximum atomic E-state index is 11.5. The van der Waals surface area contributed by atoms with Gasteiger partial charge in [-0.2, -0.15) is 0 Å². The van der Waals surface area contributed by atoms with Gasteiger partial charge in [-0.05, 0) is 0 Å². The highest BCUT2D eigenvalue weighted by molar-refractivity contribution is 7.99. The molecule has 0 aromatic rings. The molecular formula is C9H18ClN3O2S. The predicted octanol–water partition coefficient (Wildman–Crippen LogP) is -0.335. The van der Waals surface area contributed by atoms with Crippen molar-refractivity contribution in [2.75, 3.05) is 32.3 Å². The summed E-state index contributed by atoms with van der Waals surface area (Å²) in [6.45, 7) is 0.415. The predicted molar refractivity (Wildman–Crippen MR) is 67.8 cm³/mol. The molecule has 0 unspecified atom stereocenters. The smallest absolute Gasteiger partial charge is 0.238 e. The van der Waals surface area contributed by atoms with Crippen LogP contribution in [-0.2, 0) is 9.59 Å². The van der Waals surface area contributed by atoms with Crippen LogP contribution in [0.5, 0.6) is 0 Å². The Bertz CT molecular complexity index is 245. The van der Waals surface area contributed by atoms with E-state index in [0.717, 1.165) is 11.6 Å². The molecule has 1 fully saturated rings. The molecule has 1 aliphatic rings. The van der Waals surface area contributed by atoms with Gasteiger partial charge in [0.25, 0.3) is 0 Å². The molecule has 7 heteroatoms. The topological polar surface area (TPSA) is 61.4 Å². The van der Waals surface area contributed by atoms with Crippen molar-refractivity contribution < 1.29 is 9.59 Å². The van der Waals surface area contributed by atoms with Crippen molar-refractivity contribution in [3.8, 4) is 0 Å². The average Bonchev–Trinajstić information content (AvgIpc) is 2.70. The van der Waals surface area contributed by atoms with Crippen LogP contribution in [0.4, 0.5) is 0 Å². The van der Waals surface area contributed by atoms with Crippen LogP contribution in [0.1, 0.15) is 6.42 Å². The number of hydrogen-bond donors (Lipinski definition) is 2. The number of halogens is 1. The highest BCUT2D eigenvalue weighted by atomic mass is 35.5. The van der Waals surface area contributed by atoms with Crippen molar-refractivity contribution in [1.29, 1.82) is 0 Å². The molecule has 94 valence electrons. The van der Waals surface area contributed by atoms with Gasteiger partial charge in [0.1, 0.15) is 0 Å². The van der Waals surface area contributed by atoms with E-state index >= 15 is 0 Å². The van der Waals surface area contributed by atoms with Crippen LogP contribution in [0, 0.1) is 0 Å². The zero-order valence-electron chi connectivity index (χ0n) is 9.49. The molecule has 0 aliphatic carbocycles. The lowest BCUT2D eigenvalue weighted by Crippen LogP contribution is -2.43. The fourth-order valence-corrected chi connectivity index (χ4v) is 2.14. The van der Waals surface area contributed by atoms with Gasteiger partial charge in [0.15, 0.2) is 0 Å². The Kier molecular flexibility index (Phi) is 7.53. The fourth-order valence-electron chi connectivity index (χ4n) is 1.20. The van der Waals surface area contributed by atoms with E-state index in [-0.39, 0.29) is 30.3 Å². The maximum Gasteiger partial charge on any atom is 0.238 e. The van der Waals surface area contributed by atoms with Crippen molar-refractivity contribution in [3.05, 3.63) is 0 Å². The van der Waals surface area contributed by atoms with Crippen LogP contribution < -0.4 is 10.6 Å². The van der Waals surface area contributed by atoms with E-state index in [9.17, 15) is 9.59 Å². The number of carbonyl (C=O) groups is 2. The molecule has 2 N–H and O–H groups in total. The van der Waals surface area contributed by atoms with Crippen molar-refractivity contribution >= 4 is 36.0 Å². The molecular weight excluding hydrogens is 250 g/mol. The molecule has 0 spiro atoms. The number of thioether (sulfide) groups is 1. The maximum absolute atomic E-state index is 11.5. The second-order valence-corrected chi connectivity index (χ2v) is 4.63. The summed E-state index contributed by atoms with van der Waals surface area (Å²) >= 11 is 1.71. The number of nitrogens with one attached hydrogen (secondary N) is 2. The Labute approximate surface area is 106 Å². The van der Waals surface area contributed by atoms with Crippen LogP contribution in [0.15, 0.2) is 0 Å². The number of hydrogen-bond acceptors (Lipinski definition) is 4. The average molecular weight is 268 g/mol. The quantitative estimate of drug-likeness (QED) is 0.732. The summed E-state index contributed by atoms with van der Waals surface area (Å²) in [6.07, 6.45) is 0.360. The van der Waals surface area contributed by atoms with E-state index in [1.807, 2.05) is 0 Å². The van der Waals surface area contributed by atoms with E-state index in [1.165, 1.54) is 4.90 Å². The Morgan fingerprint density at radius 2 is 2.19 bits per heavy atom. The lowest BCUT2D eigenvalue weighted by molar-refractivity contribution is -0.128. The van der Waals surface area contributed by atoms with Gasteiger partial charge in [0.05, 0.1) is 6.04 Å². The first-order chi connectivity index (χ1) is 7.11. The lowest BCUT2D eigenvalue weighted by atomic mass is 10.3. The van der Waals surface area contributed by atoms with Crippen molar-refractivity contribution in [3.63, 3.8) is 0 Å². The van der Waals surface area contributed by atoms with Crippen molar-refractivity contribution in [2.45, 2.75) is 12.5 Å². The van der Waals surface area contributed by atoms with Gasteiger partial charge >= 0.3 is 0 Å². The second kappa shape index (κ2) is 7.76. The summed E-state index contributed by atoms with van der Waals surface area (Å²) in [5.74, 6) is 1.66. The van der Waals surface area contributed by atoms with Gasteiger partial charge in [-0.25, -0.2) is 0 Å². The third-order valence-electron chi connectivity index (χ3n) is 2.17. The molecule has 2 amide bonds. The SMILES string of the molecule is CN(C)C(=O)CCNC(=O)[C@H]1CSCN1.Cl. The number of carbonyl (C=O) groups excluding carboxylic acids is 2. The van der Waals surface area contributed by atoms with Gasteiger partial charge in [-0.15, -0.1) is 24.2 Å². The third kappa shape index (κ3) is 5.05. The normalized spacial score (nSPS) is 18.8. The first-order valence-corrected chi connectivity index (χ1v) is 6.05. The summed E-state index contributed by atoms with van der Waals surface area (Å²) < 4.78 is 0. The molecule has 0 saturated carbocycles. The van der Waals surface area contributed by atoms with Gasteiger partial charge in [-0.3, -0.25) is 14.9 Å². The Morgan fingerprint density at radius 1 is 1.50 bits per heavy atom. The van der Waals surface area contributed by atoms with E-state index in [0.29, 0.717) is 13.0 Å². The highest BCUT2D eigenvalue weighted by Crippen LogP contribution is 2.09. The molecule has 0 aromatic heterocycles. The lowest BCUT2D eigenvalue weighted by Gasteiger charge is -2.12. The molecule has 1 atom stereocenters. The molecule has 1 heterocycles. The van der Waals surface area contributed by atoms with Crippen LogP contribution in [0.25, 0.3) is 0 Å². The highest BCUT2D eigenvalue weighted by Gasteiger charge is 2.21. The number of nitrogens with zero attached hydrogens (tertiary/aromatic N) is 1. The Morgan fingerprint density at radius 3 is 2.69 bits per heavy atom. The largest absolute Gasteiger partial charge is 0.354 e. The summed E-state index contributed by atoms with van der Waals surface area (Å²) in [5.41, 5.74) is 0. The van der Waals surface area contributed by atoms with E-state index in [4.69, 9.17) is 0 Å². The summed E-state index contributed by atoms with van der Waals surface area (Å²) in [5, 5.41) is 5.82. The van der Waals surface area contributed by atoms with Crippen LogP contribution in [-0.4, -0.2) is 55.0 Å². The first kappa shape index (κ1) is 15.5. The first-order valence-electron chi connectivity index (χ1n) is 4.90. The van der Waals surface area contributed by atoms with Crippen LogP contribution >= 0.6 is 24.2 Å². The molecule has 0 bridgehead atoms. The molecule has 0 aromatic carbocycles. The summed E-state index contributed by atoms with van der Waals surface area (Å²) in [4.78, 5) is 24.2. The van der Waals surface area contributed by atoms with Gasteiger partial charge < -0.3 is 10.2 Å². The fraction of sp³-hybridized carbons (Fsp3) is 0.778. The zero-order chi connectivity index (χ0) is 11.3. The monoisotopic (exact) mass is 267 g/mol. The molecule has 1 aliphatic heterocycles. The summed E-state index contributed by atoms with van der Waals surface area (Å²) in [6, 6.07) is -0.0931. The Hall–Kier alpha value is -0.460. The number of amides is 2. The van der Waals surface area contributed by atoms with Crippen LogP contribution in [0.2, 0.25) is 0 Å². The van der Waals surface area contributed by atoms with E-state index in [2.05, 4.69) is 10.6 Å². The van der Waals surface area contributed by atoms with Crippen molar-refractivity contribution in [1.82, 2.24) is 15.5 Å². The number of rotatable bonds is 4.